The minimum absolute atomic E-state index is 0.651. The van der Waals surface area contributed by atoms with E-state index in [9.17, 15) is 0 Å². The fourth-order valence-electron chi connectivity index (χ4n) is 1.22. The maximum Gasteiger partial charge on any atom is 0.102 e. The van der Waals surface area contributed by atoms with Crippen LogP contribution < -0.4 is 0 Å². The van der Waals surface area contributed by atoms with Crippen LogP contribution in [0.3, 0.4) is 0 Å². The lowest BCUT2D eigenvalue weighted by Crippen LogP contribution is -1.84. The van der Waals surface area contributed by atoms with Gasteiger partial charge in [-0.15, -0.1) is 0 Å². The quantitative estimate of drug-likeness (QED) is 0.842. The highest BCUT2D eigenvalue weighted by Crippen LogP contribution is 2.32. The molecule has 0 N–H and O–H groups in total. The van der Waals surface area contributed by atoms with Gasteiger partial charge in [-0.25, -0.2) is 4.98 Å². The maximum absolute atomic E-state index is 9.06. The summed E-state index contributed by atoms with van der Waals surface area (Å²) in [6.07, 6.45) is 1.74. The van der Waals surface area contributed by atoms with Crippen molar-refractivity contribution in [1.82, 2.24) is 4.98 Å². The van der Waals surface area contributed by atoms with Gasteiger partial charge in [0, 0.05) is 15.6 Å². The second-order valence-electron chi connectivity index (χ2n) is 2.99. The topological polar surface area (TPSA) is 36.7 Å². The van der Waals surface area contributed by atoms with Crippen molar-refractivity contribution >= 4 is 27.7 Å². The molecule has 0 unspecified atom stereocenters. The molecule has 0 bridgehead atoms. The molecule has 1 heterocycles. The molecule has 0 radical (unpaired) electrons. The summed E-state index contributed by atoms with van der Waals surface area (Å²) in [5.74, 6) is 0. The van der Waals surface area contributed by atoms with Gasteiger partial charge in [0.05, 0.1) is 5.56 Å². The first kappa shape index (κ1) is 11.2. The molecule has 0 atom stereocenters. The van der Waals surface area contributed by atoms with Crippen molar-refractivity contribution in [2.24, 2.45) is 0 Å². The van der Waals surface area contributed by atoms with Crippen LogP contribution in [0, 0.1) is 11.3 Å². The number of hydrogen-bond acceptors (Lipinski definition) is 3. The van der Waals surface area contributed by atoms with Gasteiger partial charge in [-0.3, -0.25) is 0 Å². The summed E-state index contributed by atoms with van der Waals surface area (Å²) in [6, 6.07) is 13.6. The van der Waals surface area contributed by atoms with Crippen LogP contribution in [0.5, 0.6) is 0 Å². The molecule has 0 saturated carbocycles. The van der Waals surface area contributed by atoms with Gasteiger partial charge in [-0.05, 0) is 40.2 Å². The van der Waals surface area contributed by atoms with Gasteiger partial charge in [0.2, 0.25) is 0 Å². The zero-order valence-corrected chi connectivity index (χ0v) is 10.6. The zero-order valence-electron chi connectivity index (χ0n) is 8.22. The van der Waals surface area contributed by atoms with Gasteiger partial charge < -0.3 is 0 Å². The maximum atomic E-state index is 9.06. The minimum Gasteiger partial charge on any atom is -0.250 e. The summed E-state index contributed by atoms with van der Waals surface area (Å²) in [5, 5.41) is 9.95. The molecule has 16 heavy (non-hydrogen) atoms. The SMILES string of the molecule is N#Cc1c(Br)cccc1Sc1ccccn1. The molecular formula is C12H7BrN2S. The molecule has 0 fully saturated rings. The predicted octanol–water partition coefficient (Wildman–Crippen LogP) is 3.87. The molecule has 0 amide bonds. The van der Waals surface area contributed by atoms with Gasteiger partial charge in [0.15, 0.2) is 0 Å². The van der Waals surface area contributed by atoms with Gasteiger partial charge in [0.1, 0.15) is 11.1 Å². The molecule has 0 saturated heterocycles. The minimum atomic E-state index is 0.651. The molecule has 0 aliphatic carbocycles. The van der Waals surface area contributed by atoms with Crippen molar-refractivity contribution in [2.45, 2.75) is 9.92 Å². The number of pyridine rings is 1. The van der Waals surface area contributed by atoms with Gasteiger partial charge in [-0.1, -0.05) is 23.9 Å². The summed E-state index contributed by atoms with van der Waals surface area (Å²) in [7, 11) is 0. The average Bonchev–Trinajstić information content (AvgIpc) is 2.31. The van der Waals surface area contributed by atoms with E-state index in [1.54, 1.807) is 6.20 Å². The second kappa shape index (κ2) is 5.15. The Balaban J connectivity index is 2.36. The molecule has 4 heteroatoms. The predicted molar refractivity (Wildman–Crippen MR) is 67.2 cm³/mol. The van der Waals surface area contributed by atoms with Crippen molar-refractivity contribution in [3.05, 3.63) is 52.6 Å². The van der Waals surface area contributed by atoms with E-state index in [2.05, 4.69) is 27.0 Å². The normalized spacial score (nSPS) is 9.75. The molecule has 2 aromatic rings. The first-order valence-corrected chi connectivity index (χ1v) is 6.19. The van der Waals surface area contributed by atoms with E-state index in [-0.39, 0.29) is 0 Å². The molecule has 78 valence electrons. The summed E-state index contributed by atoms with van der Waals surface area (Å²) in [5.41, 5.74) is 0.651. The average molecular weight is 291 g/mol. The number of nitriles is 1. The Hall–Kier alpha value is -1.31. The number of rotatable bonds is 2. The van der Waals surface area contributed by atoms with E-state index in [1.165, 1.54) is 11.8 Å². The lowest BCUT2D eigenvalue weighted by atomic mass is 10.2. The highest BCUT2D eigenvalue weighted by Gasteiger charge is 2.07. The van der Waals surface area contributed by atoms with E-state index >= 15 is 0 Å². The third kappa shape index (κ3) is 2.43. The Morgan fingerprint density at radius 3 is 2.75 bits per heavy atom. The van der Waals surface area contributed by atoms with E-state index in [0.29, 0.717) is 5.56 Å². The van der Waals surface area contributed by atoms with Crippen LogP contribution in [0.4, 0.5) is 0 Å². The summed E-state index contributed by atoms with van der Waals surface area (Å²) >= 11 is 4.85. The molecule has 2 nitrogen and oxygen atoms in total. The number of halogens is 1. The monoisotopic (exact) mass is 290 g/mol. The fraction of sp³-hybridized carbons (Fsp3) is 0. The van der Waals surface area contributed by atoms with E-state index in [1.807, 2.05) is 36.4 Å². The Labute approximate surface area is 106 Å². The van der Waals surface area contributed by atoms with Crippen LogP contribution in [-0.2, 0) is 0 Å². The van der Waals surface area contributed by atoms with E-state index in [0.717, 1.165) is 14.4 Å². The van der Waals surface area contributed by atoms with Crippen molar-refractivity contribution in [2.75, 3.05) is 0 Å². The molecule has 2 rings (SSSR count). The van der Waals surface area contributed by atoms with Gasteiger partial charge in [-0.2, -0.15) is 5.26 Å². The third-order valence-corrected chi connectivity index (χ3v) is 3.61. The fourth-order valence-corrected chi connectivity index (χ4v) is 2.69. The smallest absolute Gasteiger partial charge is 0.102 e. The number of benzene rings is 1. The van der Waals surface area contributed by atoms with Crippen LogP contribution in [0.1, 0.15) is 5.56 Å². The Morgan fingerprint density at radius 2 is 2.06 bits per heavy atom. The van der Waals surface area contributed by atoms with E-state index < -0.39 is 0 Å². The molecule has 0 aliphatic rings. The summed E-state index contributed by atoms with van der Waals surface area (Å²) in [4.78, 5) is 5.13. The van der Waals surface area contributed by atoms with Crippen LogP contribution in [0.2, 0.25) is 0 Å². The summed E-state index contributed by atoms with van der Waals surface area (Å²) < 4.78 is 0.816. The molecule has 1 aromatic carbocycles. The van der Waals surface area contributed by atoms with Crippen LogP contribution >= 0.6 is 27.7 Å². The van der Waals surface area contributed by atoms with Crippen molar-refractivity contribution in [3.8, 4) is 6.07 Å². The first-order valence-electron chi connectivity index (χ1n) is 4.59. The lowest BCUT2D eigenvalue weighted by Gasteiger charge is -2.04. The summed E-state index contributed by atoms with van der Waals surface area (Å²) in [6.45, 7) is 0. The van der Waals surface area contributed by atoms with Crippen LogP contribution in [0.15, 0.2) is 57.0 Å². The first-order chi connectivity index (χ1) is 7.81. The molecule has 0 spiro atoms. The van der Waals surface area contributed by atoms with Crippen LogP contribution in [-0.4, -0.2) is 4.98 Å². The number of aromatic nitrogens is 1. The van der Waals surface area contributed by atoms with Crippen molar-refractivity contribution in [1.29, 1.82) is 5.26 Å². The molecular weight excluding hydrogens is 284 g/mol. The Bertz CT molecular complexity index is 534. The standard InChI is InChI=1S/C12H7BrN2S/c13-10-4-3-5-11(9(10)8-14)16-12-6-1-2-7-15-12/h1-7H. The largest absolute Gasteiger partial charge is 0.250 e. The number of hydrogen-bond donors (Lipinski definition) is 0. The van der Waals surface area contributed by atoms with Gasteiger partial charge in [0.25, 0.3) is 0 Å². The van der Waals surface area contributed by atoms with Crippen LogP contribution in [0.25, 0.3) is 0 Å². The van der Waals surface area contributed by atoms with E-state index in [4.69, 9.17) is 5.26 Å². The molecule has 0 aliphatic heterocycles. The van der Waals surface area contributed by atoms with Crippen molar-refractivity contribution < 1.29 is 0 Å². The molecule has 1 aromatic heterocycles. The Kier molecular flexibility index (Phi) is 3.60. The second-order valence-corrected chi connectivity index (χ2v) is 4.91. The third-order valence-electron chi connectivity index (χ3n) is 1.94. The highest BCUT2D eigenvalue weighted by atomic mass is 79.9. The Morgan fingerprint density at radius 1 is 1.19 bits per heavy atom. The van der Waals surface area contributed by atoms with Crippen molar-refractivity contribution in [3.63, 3.8) is 0 Å². The lowest BCUT2D eigenvalue weighted by molar-refractivity contribution is 1.13. The zero-order chi connectivity index (χ0) is 11.4. The van der Waals surface area contributed by atoms with Gasteiger partial charge >= 0.3 is 0 Å². The number of nitrogens with zero attached hydrogens (tertiary/aromatic N) is 2. The highest BCUT2D eigenvalue weighted by molar-refractivity contribution is 9.10.